The molecule has 21 heavy (non-hydrogen) atoms. The van der Waals surface area contributed by atoms with Crippen molar-refractivity contribution in [3.05, 3.63) is 35.9 Å². The number of nitrogens with zero attached hydrogens (tertiary/aromatic N) is 2. The lowest BCUT2D eigenvalue weighted by molar-refractivity contribution is -0.138. The van der Waals surface area contributed by atoms with Gasteiger partial charge in [0, 0.05) is 13.1 Å². The van der Waals surface area contributed by atoms with Crippen molar-refractivity contribution < 1.29 is 4.79 Å². The second kappa shape index (κ2) is 7.25. The van der Waals surface area contributed by atoms with E-state index in [1.165, 1.54) is 0 Å². The Labute approximate surface area is 133 Å². The average molecular weight is 312 g/mol. The van der Waals surface area contributed by atoms with Crippen molar-refractivity contribution in [1.82, 2.24) is 9.80 Å². The van der Waals surface area contributed by atoms with Gasteiger partial charge in [-0.2, -0.15) is 0 Å². The average Bonchev–Trinajstić information content (AvgIpc) is 2.47. The van der Waals surface area contributed by atoms with Crippen LogP contribution in [0.15, 0.2) is 30.3 Å². The lowest BCUT2D eigenvalue weighted by Crippen LogP contribution is -2.54. The summed E-state index contributed by atoms with van der Waals surface area (Å²) in [6.45, 7) is 3.87. The number of piperidine rings is 1. The van der Waals surface area contributed by atoms with Gasteiger partial charge < -0.3 is 15.5 Å². The Morgan fingerprint density at radius 1 is 1.29 bits per heavy atom. The lowest BCUT2D eigenvalue weighted by atomic mass is 9.90. The van der Waals surface area contributed by atoms with Gasteiger partial charge in [0.15, 0.2) is 0 Å². The third kappa shape index (κ3) is 3.96. The van der Waals surface area contributed by atoms with Crippen LogP contribution >= 0.6 is 12.4 Å². The molecule has 118 valence electrons. The maximum atomic E-state index is 12.7. The number of likely N-dealkylation sites (tertiary alicyclic amines) is 1. The Bertz CT molecular complexity index is 456. The van der Waals surface area contributed by atoms with Gasteiger partial charge in [-0.05, 0) is 45.5 Å². The van der Waals surface area contributed by atoms with Crippen LogP contribution in [0, 0.1) is 0 Å². The van der Waals surface area contributed by atoms with Crippen molar-refractivity contribution in [2.24, 2.45) is 5.73 Å². The molecule has 1 unspecified atom stereocenters. The highest BCUT2D eigenvalue weighted by molar-refractivity contribution is 5.87. The smallest absolute Gasteiger partial charge is 0.246 e. The number of amides is 1. The Kier molecular flexibility index (Phi) is 6.20. The molecule has 2 rings (SSSR count). The molecule has 0 saturated carbocycles. The van der Waals surface area contributed by atoms with Crippen molar-refractivity contribution in [3.63, 3.8) is 0 Å². The number of hydrogen-bond donors (Lipinski definition) is 1. The highest BCUT2D eigenvalue weighted by atomic mass is 35.5. The van der Waals surface area contributed by atoms with Gasteiger partial charge in [0.2, 0.25) is 5.91 Å². The number of halogens is 1. The predicted octanol–water partition coefficient (Wildman–Crippen LogP) is 1.83. The van der Waals surface area contributed by atoms with Crippen LogP contribution in [-0.2, 0) is 10.3 Å². The third-order valence-electron chi connectivity index (χ3n) is 4.37. The van der Waals surface area contributed by atoms with Gasteiger partial charge in [-0.3, -0.25) is 4.79 Å². The lowest BCUT2D eigenvalue weighted by Gasteiger charge is -2.38. The monoisotopic (exact) mass is 311 g/mol. The molecule has 2 N–H and O–H groups in total. The normalized spacial score (nSPS) is 19.4. The maximum absolute atomic E-state index is 12.7. The Hall–Kier alpha value is -1.10. The fraction of sp³-hybridized carbons (Fsp3) is 0.562. The van der Waals surface area contributed by atoms with Crippen LogP contribution in [0.3, 0.4) is 0 Å². The molecule has 1 fully saturated rings. The first-order valence-electron chi connectivity index (χ1n) is 7.23. The first-order valence-corrected chi connectivity index (χ1v) is 7.23. The van der Waals surface area contributed by atoms with E-state index >= 15 is 0 Å². The first kappa shape index (κ1) is 18.0. The SMILES string of the molecule is CN1CCC(N(C)C(=O)C(C)(N)c2ccccc2)CC1.Cl. The molecule has 1 aromatic rings. The Balaban J connectivity index is 0.00000220. The summed E-state index contributed by atoms with van der Waals surface area (Å²) in [6.07, 6.45) is 2.03. The van der Waals surface area contributed by atoms with E-state index in [4.69, 9.17) is 5.73 Å². The van der Waals surface area contributed by atoms with Crippen LogP contribution in [0.2, 0.25) is 0 Å². The molecule has 1 saturated heterocycles. The highest BCUT2D eigenvalue weighted by Crippen LogP contribution is 2.23. The number of likely N-dealkylation sites (N-methyl/N-ethyl adjacent to an activating group) is 1. The second-order valence-corrected chi connectivity index (χ2v) is 6.02. The fourth-order valence-corrected chi connectivity index (χ4v) is 2.82. The molecule has 1 heterocycles. The number of carbonyl (C=O) groups is 1. The number of nitrogens with two attached hydrogens (primary N) is 1. The van der Waals surface area contributed by atoms with E-state index in [1.807, 2.05) is 42.3 Å². The van der Waals surface area contributed by atoms with Gasteiger partial charge >= 0.3 is 0 Å². The van der Waals surface area contributed by atoms with Gasteiger partial charge in [0.25, 0.3) is 0 Å². The molecule has 1 aliphatic heterocycles. The zero-order valence-electron chi connectivity index (χ0n) is 13.1. The predicted molar refractivity (Wildman–Crippen MR) is 88.5 cm³/mol. The number of hydrogen-bond acceptors (Lipinski definition) is 3. The zero-order chi connectivity index (χ0) is 14.8. The van der Waals surface area contributed by atoms with E-state index in [0.717, 1.165) is 31.5 Å². The molecular formula is C16H26ClN3O. The molecule has 1 amide bonds. The van der Waals surface area contributed by atoms with Crippen molar-refractivity contribution in [1.29, 1.82) is 0 Å². The zero-order valence-corrected chi connectivity index (χ0v) is 13.9. The van der Waals surface area contributed by atoms with Crippen LogP contribution in [0.5, 0.6) is 0 Å². The summed E-state index contributed by atoms with van der Waals surface area (Å²) in [4.78, 5) is 16.9. The van der Waals surface area contributed by atoms with Crippen molar-refractivity contribution in [2.45, 2.75) is 31.3 Å². The standard InChI is InChI=1S/C16H25N3O.ClH/c1-16(17,13-7-5-4-6-8-13)15(20)19(3)14-9-11-18(2)12-10-14;/h4-8,14H,9-12,17H2,1-3H3;1H. The van der Waals surface area contributed by atoms with E-state index in [2.05, 4.69) is 11.9 Å². The molecule has 4 nitrogen and oxygen atoms in total. The quantitative estimate of drug-likeness (QED) is 0.926. The van der Waals surface area contributed by atoms with Crippen molar-refractivity contribution >= 4 is 18.3 Å². The van der Waals surface area contributed by atoms with Crippen LogP contribution < -0.4 is 5.73 Å². The molecule has 1 atom stereocenters. The molecule has 5 heteroatoms. The number of carbonyl (C=O) groups excluding carboxylic acids is 1. The maximum Gasteiger partial charge on any atom is 0.246 e. The topological polar surface area (TPSA) is 49.6 Å². The number of benzene rings is 1. The van der Waals surface area contributed by atoms with Gasteiger partial charge in [-0.1, -0.05) is 30.3 Å². The highest BCUT2D eigenvalue weighted by Gasteiger charge is 2.36. The minimum absolute atomic E-state index is 0. The molecule has 0 bridgehead atoms. The summed E-state index contributed by atoms with van der Waals surface area (Å²) in [5, 5.41) is 0. The molecule has 0 aliphatic carbocycles. The summed E-state index contributed by atoms with van der Waals surface area (Å²) >= 11 is 0. The minimum Gasteiger partial charge on any atom is -0.341 e. The summed E-state index contributed by atoms with van der Waals surface area (Å²) in [5.41, 5.74) is 6.22. The Morgan fingerprint density at radius 3 is 2.33 bits per heavy atom. The summed E-state index contributed by atoms with van der Waals surface area (Å²) in [5.74, 6) is -0.00162. The summed E-state index contributed by atoms with van der Waals surface area (Å²) in [7, 11) is 4.00. The first-order chi connectivity index (χ1) is 9.43. The summed E-state index contributed by atoms with van der Waals surface area (Å²) < 4.78 is 0. The van der Waals surface area contributed by atoms with Crippen molar-refractivity contribution in [3.8, 4) is 0 Å². The molecule has 1 aromatic carbocycles. The second-order valence-electron chi connectivity index (χ2n) is 6.02. The molecule has 0 aromatic heterocycles. The molecule has 1 aliphatic rings. The largest absolute Gasteiger partial charge is 0.341 e. The number of rotatable bonds is 3. The van der Waals surface area contributed by atoms with Gasteiger partial charge in [-0.15, -0.1) is 12.4 Å². The Morgan fingerprint density at radius 2 is 1.81 bits per heavy atom. The summed E-state index contributed by atoms with van der Waals surface area (Å²) in [6, 6.07) is 9.91. The minimum atomic E-state index is -0.959. The van der Waals surface area contributed by atoms with E-state index in [0.29, 0.717) is 6.04 Å². The van der Waals surface area contributed by atoms with Gasteiger partial charge in [0.1, 0.15) is 5.54 Å². The fourth-order valence-electron chi connectivity index (χ4n) is 2.82. The third-order valence-corrected chi connectivity index (χ3v) is 4.37. The van der Waals surface area contributed by atoms with Crippen LogP contribution in [0.25, 0.3) is 0 Å². The van der Waals surface area contributed by atoms with Crippen LogP contribution in [-0.4, -0.2) is 48.9 Å². The van der Waals surface area contributed by atoms with Crippen LogP contribution in [0.4, 0.5) is 0 Å². The van der Waals surface area contributed by atoms with Crippen molar-refractivity contribution in [2.75, 3.05) is 27.2 Å². The van der Waals surface area contributed by atoms with E-state index in [9.17, 15) is 4.79 Å². The van der Waals surface area contributed by atoms with E-state index in [-0.39, 0.29) is 18.3 Å². The molecule has 0 radical (unpaired) electrons. The van der Waals surface area contributed by atoms with Crippen LogP contribution in [0.1, 0.15) is 25.3 Å². The molecular weight excluding hydrogens is 286 g/mol. The van der Waals surface area contributed by atoms with Gasteiger partial charge in [-0.25, -0.2) is 0 Å². The van der Waals surface area contributed by atoms with E-state index in [1.54, 1.807) is 6.92 Å². The molecule has 0 spiro atoms. The van der Waals surface area contributed by atoms with E-state index < -0.39 is 5.54 Å². The van der Waals surface area contributed by atoms with Gasteiger partial charge in [0.05, 0.1) is 0 Å².